The molecule has 3 aliphatic rings. The third-order valence-corrected chi connectivity index (χ3v) is 4.66. The molecule has 0 amide bonds. The van der Waals surface area contributed by atoms with E-state index in [9.17, 15) is 5.11 Å². The van der Waals surface area contributed by atoms with Gasteiger partial charge in [-0.25, -0.2) is 0 Å². The van der Waals surface area contributed by atoms with Crippen LogP contribution in [0.4, 0.5) is 0 Å². The Morgan fingerprint density at radius 3 is 1.83 bits per heavy atom. The number of aliphatic hydroxyl groups excluding tert-OH is 1. The highest BCUT2D eigenvalue weighted by atomic mass is 16.3. The number of benzene rings is 2. The zero-order chi connectivity index (χ0) is 12.1. The first kappa shape index (κ1) is 10.3. The Balaban J connectivity index is 2.00. The van der Waals surface area contributed by atoms with Crippen LogP contribution in [0.25, 0.3) is 0 Å². The van der Waals surface area contributed by atoms with Crippen molar-refractivity contribution in [1.82, 2.24) is 0 Å². The highest BCUT2D eigenvalue weighted by Crippen LogP contribution is 2.54. The van der Waals surface area contributed by atoms with Crippen molar-refractivity contribution in [2.75, 3.05) is 6.61 Å². The van der Waals surface area contributed by atoms with Gasteiger partial charge >= 0.3 is 0 Å². The average Bonchev–Trinajstić information content (AvgIpc) is 2.47. The minimum absolute atomic E-state index is 0.295. The zero-order valence-electron chi connectivity index (χ0n) is 10.2. The Labute approximate surface area is 107 Å². The van der Waals surface area contributed by atoms with Gasteiger partial charge in [0.2, 0.25) is 0 Å². The highest BCUT2D eigenvalue weighted by Gasteiger charge is 2.42. The highest BCUT2D eigenvalue weighted by molar-refractivity contribution is 5.55. The molecular formula is C17H16O. The lowest BCUT2D eigenvalue weighted by atomic mass is 9.59. The fourth-order valence-electron chi connectivity index (χ4n) is 3.94. The Morgan fingerprint density at radius 2 is 1.33 bits per heavy atom. The van der Waals surface area contributed by atoms with E-state index in [0.29, 0.717) is 24.4 Å². The molecule has 1 nitrogen and oxygen atoms in total. The van der Waals surface area contributed by atoms with Crippen LogP contribution in [0.15, 0.2) is 48.5 Å². The van der Waals surface area contributed by atoms with Crippen LogP contribution in [-0.4, -0.2) is 11.7 Å². The van der Waals surface area contributed by atoms with Crippen molar-refractivity contribution in [2.24, 2.45) is 5.92 Å². The molecule has 3 aliphatic carbocycles. The largest absolute Gasteiger partial charge is 0.396 e. The molecule has 0 radical (unpaired) electrons. The van der Waals surface area contributed by atoms with Crippen molar-refractivity contribution < 1.29 is 5.11 Å². The molecule has 0 spiro atoms. The van der Waals surface area contributed by atoms with Gasteiger partial charge in [0.1, 0.15) is 0 Å². The molecule has 18 heavy (non-hydrogen) atoms. The second kappa shape index (κ2) is 3.69. The first-order valence-electron chi connectivity index (χ1n) is 6.68. The molecule has 5 rings (SSSR count). The summed E-state index contributed by atoms with van der Waals surface area (Å²) in [6.45, 7) is 0.295. The van der Waals surface area contributed by atoms with Crippen molar-refractivity contribution in [3.05, 3.63) is 70.8 Å². The quantitative estimate of drug-likeness (QED) is 0.805. The predicted molar refractivity (Wildman–Crippen MR) is 71.8 cm³/mol. The number of hydrogen-bond acceptors (Lipinski definition) is 1. The van der Waals surface area contributed by atoms with Crippen LogP contribution in [0.1, 0.15) is 40.5 Å². The lowest BCUT2D eigenvalue weighted by molar-refractivity contribution is 0.186. The van der Waals surface area contributed by atoms with Gasteiger partial charge in [-0.1, -0.05) is 48.5 Å². The monoisotopic (exact) mass is 236 g/mol. The van der Waals surface area contributed by atoms with E-state index >= 15 is 0 Å². The first-order chi connectivity index (χ1) is 8.90. The molecule has 2 aromatic carbocycles. The van der Waals surface area contributed by atoms with Crippen LogP contribution in [0, 0.1) is 5.92 Å². The van der Waals surface area contributed by atoms with Gasteiger partial charge in [0, 0.05) is 18.4 Å². The average molecular weight is 236 g/mol. The summed E-state index contributed by atoms with van der Waals surface area (Å²) in [4.78, 5) is 0. The van der Waals surface area contributed by atoms with Crippen molar-refractivity contribution in [2.45, 2.75) is 18.3 Å². The maximum absolute atomic E-state index is 9.66. The molecule has 0 saturated heterocycles. The van der Waals surface area contributed by atoms with Gasteiger partial charge in [0.15, 0.2) is 0 Å². The molecule has 0 saturated carbocycles. The van der Waals surface area contributed by atoms with Gasteiger partial charge < -0.3 is 5.11 Å². The van der Waals surface area contributed by atoms with Crippen LogP contribution in [-0.2, 0) is 0 Å². The first-order valence-corrected chi connectivity index (χ1v) is 6.68. The standard InChI is InChI=1S/C17H16O/c18-10-11-9-16-12-5-1-3-7-14(12)17(11)15-8-4-2-6-13(15)16/h1-8,11,16-18H,9-10H2/t11-,16?,17?/m1/s1. The SMILES string of the molecule is OC[C@H]1CC2c3ccccc3C1c1ccccc12. The van der Waals surface area contributed by atoms with Gasteiger partial charge in [0.25, 0.3) is 0 Å². The third-order valence-electron chi connectivity index (χ3n) is 4.66. The fraction of sp³-hybridized carbons (Fsp3) is 0.294. The van der Waals surface area contributed by atoms with Gasteiger partial charge in [-0.05, 0) is 34.6 Å². The van der Waals surface area contributed by atoms with E-state index in [1.807, 2.05) is 0 Å². The van der Waals surface area contributed by atoms with Gasteiger partial charge in [-0.15, -0.1) is 0 Å². The molecule has 2 bridgehead atoms. The van der Waals surface area contributed by atoms with E-state index in [1.165, 1.54) is 22.3 Å². The van der Waals surface area contributed by atoms with Gasteiger partial charge in [0.05, 0.1) is 0 Å². The molecule has 90 valence electrons. The van der Waals surface area contributed by atoms with Gasteiger partial charge in [-0.3, -0.25) is 0 Å². The van der Waals surface area contributed by atoms with Crippen molar-refractivity contribution in [3.63, 3.8) is 0 Å². The van der Waals surface area contributed by atoms with Crippen LogP contribution >= 0.6 is 0 Å². The van der Waals surface area contributed by atoms with Crippen molar-refractivity contribution in [3.8, 4) is 0 Å². The van der Waals surface area contributed by atoms with E-state index in [2.05, 4.69) is 48.5 Å². The second-order valence-electron chi connectivity index (χ2n) is 5.47. The summed E-state index contributed by atoms with van der Waals surface area (Å²) in [6, 6.07) is 17.5. The van der Waals surface area contributed by atoms with E-state index in [1.54, 1.807) is 0 Å². The molecule has 0 heterocycles. The summed E-state index contributed by atoms with van der Waals surface area (Å²) in [7, 11) is 0. The molecule has 0 aromatic heterocycles. The Kier molecular flexibility index (Phi) is 2.12. The number of fused-ring (bicyclic) bond motifs is 1. The summed E-state index contributed by atoms with van der Waals surface area (Å²) in [5.74, 6) is 1.27. The lowest BCUT2D eigenvalue weighted by Gasteiger charge is -2.45. The smallest absolute Gasteiger partial charge is 0.0468 e. The molecule has 0 aliphatic heterocycles. The summed E-state index contributed by atoms with van der Waals surface area (Å²) in [5, 5.41) is 9.66. The van der Waals surface area contributed by atoms with E-state index < -0.39 is 0 Å². The Morgan fingerprint density at radius 1 is 0.833 bits per heavy atom. The zero-order valence-corrected chi connectivity index (χ0v) is 10.2. The number of hydrogen-bond donors (Lipinski definition) is 1. The molecule has 2 aromatic rings. The molecule has 0 fully saturated rings. The van der Waals surface area contributed by atoms with Crippen molar-refractivity contribution in [1.29, 1.82) is 0 Å². The minimum atomic E-state index is 0.295. The molecule has 1 heteroatoms. The Bertz CT molecular complexity index is 555. The third kappa shape index (κ3) is 1.20. The van der Waals surface area contributed by atoms with E-state index in [4.69, 9.17) is 0 Å². The van der Waals surface area contributed by atoms with Gasteiger partial charge in [-0.2, -0.15) is 0 Å². The van der Waals surface area contributed by atoms with E-state index in [-0.39, 0.29) is 0 Å². The maximum Gasteiger partial charge on any atom is 0.0468 e. The second-order valence-corrected chi connectivity index (χ2v) is 5.47. The topological polar surface area (TPSA) is 20.2 Å². The summed E-state index contributed by atoms with van der Waals surface area (Å²) in [6.07, 6.45) is 1.09. The number of aliphatic hydroxyl groups is 1. The summed E-state index contributed by atoms with van der Waals surface area (Å²) >= 11 is 0. The predicted octanol–water partition coefficient (Wildman–Crippen LogP) is 3.28. The molecule has 1 atom stereocenters. The van der Waals surface area contributed by atoms with Crippen LogP contribution in [0.5, 0.6) is 0 Å². The number of rotatable bonds is 1. The van der Waals surface area contributed by atoms with Crippen LogP contribution in [0.3, 0.4) is 0 Å². The van der Waals surface area contributed by atoms with Crippen molar-refractivity contribution >= 4 is 0 Å². The lowest BCUT2D eigenvalue weighted by Crippen LogP contribution is -2.33. The molecular weight excluding hydrogens is 220 g/mol. The van der Waals surface area contributed by atoms with E-state index in [0.717, 1.165) is 6.42 Å². The maximum atomic E-state index is 9.66. The normalized spacial score (nSPS) is 27.7. The minimum Gasteiger partial charge on any atom is -0.396 e. The fourth-order valence-corrected chi connectivity index (χ4v) is 3.94. The van der Waals surface area contributed by atoms with Crippen LogP contribution < -0.4 is 0 Å². The summed E-state index contributed by atoms with van der Waals surface area (Å²) in [5.41, 5.74) is 5.83. The van der Waals surface area contributed by atoms with Crippen LogP contribution in [0.2, 0.25) is 0 Å². The summed E-state index contributed by atoms with van der Waals surface area (Å²) < 4.78 is 0. The molecule has 0 unspecified atom stereocenters. The molecule has 1 N–H and O–H groups in total. The Hall–Kier alpha value is -1.60.